The first kappa shape index (κ1) is 15.5. The Hall–Kier alpha value is -0.520. The van der Waals surface area contributed by atoms with Gasteiger partial charge in [-0.05, 0) is 48.0 Å². The van der Waals surface area contributed by atoms with Gasteiger partial charge in [-0.2, -0.15) is 0 Å². The summed E-state index contributed by atoms with van der Waals surface area (Å²) in [6.07, 6.45) is 0.232. The SMILES string of the molecule is CC(C)NCCC(C)(O)c1c(F)ccc(Br)c1F. The maximum Gasteiger partial charge on any atom is 0.146 e. The lowest BCUT2D eigenvalue weighted by atomic mass is 9.91. The van der Waals surface area contributed by atoms with E-state index in [0.717, 1.165) is 6.07 Å². The average molecular weight is 322 g/mol. The number of hydrogen-bond donors (Lipinski definition) is 2. The zero-order valence-electron chi connectivity index (χ0n) is 10.7. The number of aliphatic hydroxyl groups is 1. The molecule has 1 aromatic rings. The van der Waals surface area contributed by atoms with Crippen LogP contribution >= 0.6 is 15.9 Å². The van der Waals surface area contributed by atoms with E-state index in [4.69, 9.17) is 0 Å². The van der Waals surface area contributed by atoms with Crippen LogP contribution in [0, 0.1) is 11.6 Å². The Morgan fingerprint density at radius 2 is 2.00 bits per heavy atom. The van der Waals surface area contributed by atoms with E-state index in [1.807, 2.05) is 13.8 Å². The zero-order valence-corrected chi connectivity index (χ0v) is 12.3. The van der Waals surface area contributed by atoms with E-state index in [9.17, 15) is 13.9 Å². The summed E-state index contributed by atoms with van der Waals surface area (Å²) in [7, 11) is 0. The first-order chi connectivity index (χ1) is 8.25. The monoisotopic (exact) mass is 321 g/mol. The predicted molar refractivity (Wildman–Crippen MR) is 71.4 cm³/mol. The minimum atomic E-state index is -1.54. The molecule has 2 nitrogen and oxygen atoms in total. The van der Waals surface area contributed by atoms with Crippen molar-refractivity contribution in [2.75, 3.05) is 6.54 Å². The average Bonchev–Trinajstić information content (AvgIpc) is 2.23. The van der Waals surface area contributed by atoms with E-state index in [2.05, 4.69) is 21.2 Å². The maximum absolute atomic E-state index is 13.9. The lowest BCUT2D eigenvalue weighted by Gasteiger charge is -2.26. The van der Waals surface area contributed by atoms with Crippen LogP contribution in [0.3, 0.4) is 0 Å². The van der Waals surface area contributed by atoms with Crippen molar-refractivity contribution < 1.29 is 13.9 Å². The highest BCUT2D eigenvalue weighted by Gasteiger charge is 2.30. The van der Waals surface area contributed by atoms with E-state index >= 15 is 0 Å². The van der Waals surface area contributed by atoms with E-state index in [1.165, 1.54) is 13.0 Å². The molecule has 18 heavy (non-hydrogen) atoms. The summed E-state index contributed by atoms with van der Waals surface area (Å²) in [4.78, 5) is 0. The standard InChI is InChI=1S/C13H18BrF2NO/c1-8(2)17-7-6-13(3,18)11-10(15)5-4-9(14)12(11)16/h4-5,8,17-18H,6-7H2,1-3H3. The van der Waals surface area contributed by atoms with Gasteiger partial charge in [0.05, 0.1) is 15.6 Å². The van der Waals surface area contributed by atoms with Crippen LogP contribution in [0.4, 0.5) is 8.78 Å². The fourth-order valence-corrected chi connectivity index (χ4v) is 2.08. The van der Waals surface area contributed by atoms with Crippen molar-refractivity contribution in [2.45, 2.75) is 38.8 Å². The highest BCUT2D eigenvalue weighted by molar-refractivity contribution is 9.10. The highest BCUT2D eigenvalue weighted by atomic mass is 79.9. The largest absolute Gasteiger partial charge is 0.385 e. The van der Waals surface area contributed by atoms with E-state index in [1.54, 1.807) is 0 Å². The third kappa shape index (κ3) is 3.73. The summed E-state index contributed by atoms with van der Waals surface area (Å²) in [6.45, 7) is 5.84. The molecular weight excluding hydrogens is 304 g/mol. The van der Waals surface area contributed by atoms with Crippen molar-refractivity contribution in [2.24, 2.45) is 0 Å². The van der Waals surface area contributed by atoms with Crippen LogP contribution in [0.2, 0.25) is 0 Å². The molecule has 5 heteroatoms. The van der Waals surface area contributed by atoms with Crippen LogP contribution in [0.5, 0.6) is 0 Å². The minimum absolute atomic E-state index is 0.149. The normalized spacial score (nSPS) is 14.9. The first-order valence-corrected chi connectivity index (χ1v) is 6.64. The zero-order chi connectivity index (χ0) is 13.9. The summed E-state index contributed by atoms with van der Waals surface area (Å²) in [6, 6.07) is 2.70. The Bertz CT molecular complexity index is 422. The molecule has 0 bridgehead atoms. The van der Waals surface area contributed by atoms with E-state index < -0.39 is 17.2 Å². The van der Waals surface area contributed by atoms with Crippen molar-refractivity contribution in [3.63, 3.8) is 0 Å². The summed E-state index contributed by atoms with van der Waals surface area (Å²) < 4.78 is 27.7. The summed E-state index contributed by atoms with van der Waals surface area (Å²) >= 11 is 3.00. The van der Waals surface area contributed by atoms with Gasteiger partial charge in [-0.25, -0.2) is 8.78 Å². The molecule has 2 N–H and O–H groups in total. The molecule has 0 spiro atoms. The third-order valence-corrected chi connectivity index (χ3v) is 3.36. The van der Waals surface area contributed by atoms with Crippen molar-refractivity contribution in [1.29, 1.82) is 0 Å². The number of hydrogen-bond acceptors (Lipinski definition) is 2. The van der Waals surface area contributed by atoms with Crippen LogP contribution in [0.15, 0.2) is 16.6 Å². The molecule has 0 saturated carbocycles. The molecule has 1 atom stereocenters. The lowest BCUT2D eigenvalue weighted by molar-refractivity contribution is 0.0398. The lowest BCUT2D eigenvalue weighted by Crippen LogP contribution is -2.32. The Morgan fingerprint density at radius 3 is 2.56 bits per heavy atom. The van der Waals surface area contributed by atoms with Crippen molar-refractivity contribution in [3.8, 4) is 0 Å². The number of nitrogens with one attached hydrogen (secondary N) is 1. The smallest absolute Gasteiger partial charge is 0.146 e. The quantitative estimate of drug-likeness (QED) is 0.815. The number of rotatable bonds is 5. The number of halogens is 3. The molecule has 0 aliphatic rings. The van der Waals surface area contributed by atoms with E-state index in [0.29, 0.717) is 6.54 Å². The molecule has 0 saturated heterocycles. The predicted octanol–water partition coefficient (Wildman–Crippen LogP) is 3.32. The van der Waals surface area contributed by atoms with Gasteiger partial charge in [0.2, 0.25) is 0 Å². The van der Waals surface area contributed by atoms with Gasteiger partial charge in [-0.3, -0.25) is 0 Å². The molecule has 0 fully saturated rings. The van der Waals surface area contributed by atoms with Crippen LogP contribution in [-0.2, 0) is 5.60 Å². The van der Waals surface area contributed by atoms with Crippen LogP contribution in [-0.4, -0.2) is 17.7 Å². The molecule has 1 aromatic carbocycles. The van der Waals surface area contributed by atoms with Gasteiger partial charge in [0, 0.05) is 6.04 Å². The Morgan fingerprint density at radius 1 is 1.39 bits per heavy atom. The Labute approximate surface area is 115 Å². The second-order valence-electron chi connectivity index (χ2n) is 4.85. The molecule has 0 radical (unpaired) electrons. The third-order valence-electron chi connectivity index (χ3n) is 2.75. The molecule has 0 aromatic heterocycles. The van der Waals surface area contributed by atoms with Gasteiger partial charge in [0.1, 0.15) is 11.6 Å². The molecule has 1 unspecified atom stereocenters. The topological polar surface area (TPSA) is 32.3 Å². The van der Waals surface area contributed by atoms with Gasteiger partial charge < -0.3 is 10.4 Å². The van der Waals surface area contributed by atoms with Crippen molar-refractivity contribution in [3.05, 3.63) is 33.8 Å². The highest BCUT2D eigenvalue weighted by Crippen LogP contribution is 2.32. The van der Waals surface area contributed by atoms with Crippen molar-refractivity contribution in [1.82, 2.24) is 5.32 Å². The fourth-order valence-electron chi connectivity index (χ4n) is 1.75. The molecule has 102 valence electrons. The van der Waals surface area contributed by atoms with Gasteiger partial charge in [0.25, 0.3) is 0 Å². The molecule has 0 amide bonds. The molecule has 0 heterocycles. The summed E-state index contributed by atoms with van der Waals surface area (Å²) in [5.74, 6) is -1.48. The van der Waals surface area contributed by atoms with Gasteiger partial charge in [-0.15, -0.1) is 0 Å². The van der Waals surface area contributed by atoms with Gasteiger partial charge in [0.15, 0.2) is 0 Å². The second-order valence-corrected chi connectivity index (χ2v) is 5.71. The van der Waals surface area contributed by atoms with Crippen molar-refractivity contribution >= 4 is 15.9 Å². The second kappa shape index (κ2) is 6.08. The van der Waals surface area contributed by atoms with Crippen LogP contribution < -0.4 is 5.32 Å². The molecule has 1 rings (SSSR count). The molecule has 0 aliphatic carbocycles. The van der Waals surface area contributed by atoms with Crippen LogP contribution in [0.25, 0.3) is 0 Å². The minimum Gasteiger partial charge on any atom is -0.385 e. The van der Waals surface area contributed by atoms with Gasteiger partial charge in [-0.1, -0.05) is 13.8 Å². The van der Waals surface area contributed by atoms with E-state index in [-0.39, 0.29) is 22.5 Å². The first-order valence-electron chi connectivity index (χ1n) is 5.85. The number of benzene rings is 1. The van der Waals surface area contributed by atoms with Crippen LogP contribution in [0.1, 0.15) is 32.8 Å². The molecule has 0 aliphatic heterocycles. The Kier molecular flexibility index (Phi) is 5.25. The fraction of sp³-hybridized carbons (Fsp3) is 0.538. The molecular formula is C13H18BrF2NO. The Balaban J connectivity index is 2.94. The summed E-state index contributed by atoms with van der Waals surface area (Å²) in [5.41, 5.74) is -1.83. The van der Waals surface area contributed by atoms with Gasteiger partial charge >= 0.3 is 0 Å². The maximum atomic E-state index is 13.9. The summed E-state index contributed by atoms with van der Waals surface area (Å²) in [5, 5.41) is 13.4.